The van der Waals surface area contributed by atoms with E-state index >= 15 is 0 Å². The lowest BCUT2D eigenvalue weighted by atomic mass is 9.74. The van der Waals surface area contributed by atoms with Crippen molar-refractivity contribution in [2.45, 2.75) is 91.4 Å². The summed E-state index contributed by atoms with van der Waals surface area (Å²) >= 11 is 0. The largest absolute Gasteiger partial charge is 0.295 e. The van der Waals surface area contributed by atoms with Gasteiger partial charge in [-0.2, -0.15) is 0 Å². The number of allylic oxidation sites excluding steroid dienone is 3. The molecule has 0 aromatic carbocycles. The molecule has 1 fully saturated rings. The van der Waals surface area contributed by atoms with E-state index in [4.69, 9.17) is 0 Å². The van der Waals surface area contributed by atoms with Gasteiger partial charge in [0.05, 0.1) is 0 Å². The Labute approximate surface area is 138 Å². The van der Waals surface area contributed by atoms with Gasteiger partial charge in [-0.3, -0.25) is 4.79 Å². The van der Waals surface area contributed by atoms with E-state index in [-0.39, 0.29) is 0 Å². The molecule has 0 bridgehead atoms. The van der Waals surface area contributed by atoms with Gasteiger partial charge >= 0.3 is 0 Å². The smallest absolute Gasteiger partial charge is 0.158 e. The zero-order valence-corrected chi connectivity index (χ0v) is 15.1. The molecule has 0 N–H and O–H groups in total. The first-order chi connectivity index (χ1) is 10.6. The highest BCUT2D eigenvalue weighted by Crippen LogP contribution is 2.38. The maximum Gasteiger partial charge on any atom is 0.158 e. The summed E-state index contributed by atoms with van der Waals surface area (Å²) in [5, 5.41) is 0. The van der Waals surface area contributed by atoms with Gasteiger partial charge in [0.25, 0.3) is 0 Å². The van der Waals surface area contributed by atoms with Crippen molar-refractivity contribution in [3.05, 3.63) is 23.8 Å². The van der Waals surface area contributed by atoms with Crippen LogP contribution in [0, 0.1) is 11.8 Å². The summed E-state index contributed by atoms with van der Waals surface area (Å²) in [5.74, 6) is 1.86. The quantitative estimate of drug-likeness (QED) is 0.224. The van der Waals surface area contributed by atoms with Gasteiger partial charge in [0.2, 0.25) is 0 Å². The van der Waals surface area contributed by atoms with Crippen LogP contribution in [-0.4, -0.2) is 5.78 Å². The first kappa shape index (κ1) is 19.2. The molecule has 0 amide bonds. The minimum absolute atomic E-state index is 0.309. The van der Waals surface area contributed by atoms with Crippen LogP contribution < -0.4 is 0 Å². The van der Waals surface area contributed by atoms with E-state index in [0.29, 0.717) is 18.1 Å². The van der Waals surface area contributed by atoms with Gasteiger partial charge in [-0.25, -0.2) is 0 Å². The average molecular weight is 305 g/mol. The number of hydrogen-bond donors (Lipinski definition) is 0. The number of rotatable bonds is 12. The third-order valence-corrected chi connectivity index (χ3v) is 4.92. The van der Waals surface area contributed by atoms with Crippen LogP contribution in [0.2, 0.25) is 0 Å². The van der Waals surface area contributed by atoms with Crippen LogP contribution in [0.5, 0.6) is 0 Å². The molecular formula is C21H36O. The summed E-state index contributed by atoms with van der Waals surface area (Å²) in [6, 6.07) is 0. The number of ketones is 1. The third-order valence-electron chi connectivity index (χ3n) is 4.92. The van der Waals surface area contributed by atoms with Gasteiger partial charge in [-0.05, 0) is 62.4 Å². The molecule has 1 heteroatoms. The maximum absolute atomic E-state index is 12.1. The molecule has 0 aromatic rings. The fourth-order valence-electron chi connectivity index (χ4n) is 3.45. The molecule has 126 valence electrons. The summed E-state index contributed by atoms with van der Waals surface area (Å²) in [7, 11) is 0. The summed E-state index contributed by atoms with van der Waals surface area (Å²) in [4.78, 5) is 12.1. The van der Waals surface area contributed by atoms with Gasteiger partial charge in [0.15, 0.2) is 5.78 Å². The predicted octanol–water partition coefficient (Wildman–Crippen LogP) is 6.63. The lowest BCUT2D eigenvalue weighted by molar-refractivity contribution is -0.116. The normalized spacial score (nSPS) is 18.7. The fraction of sp³-hybridized carbons (Fsp3) is 0.762. The van der Waals surface area contributed by atoms with Crippen molar-refractivity contribution in [1.82, 2.24) is 0 Å². The number of carbonyl (C=O) groups excluding carboxylic acids is 1. The first-order valence-electron chi connectivity index (χ1n) is 9.45. The maximum atomic E-state index is 12.1. The van der Waals surface area contributed by atoms with Crippen molar-refractivity contribution in [3.8, 4) is 0 Å². The Balaban J connectivity index is 2.10. The zero-order valence-electron chi connectivity index (χ0n) is 15.1. The van der Waals surface area contributed by atoms with Crippen LogP contribution in [0.3, 0.4) is 0 Å². The van der Waals surface area contributed by atoms with Crippen LogP contribution >= 0.6 is 0 Å². The highest BCUT2D eigenvalue weighted by Gasteiger charge is 2.24. The predicted molar refractivity (Wildman–Crippen MR) is 97.0 cm³/mol. The van der Waals surface area contributed by atoms with Crippen molar-refractivity contribution in [1.29, 1.82) is 0 Å². The second kappa shape index (κ2) is 10.8. The molecule has 1 aliphatic carbocycles. The highest BCUT2D eigenvalue weighted by molar-refractivity contribution is 5.94. The lowest BCUT2D eigenvalue weighted by Crippen LogP contribution is -2.18. The van der Waals surface area contributed by atoms with Crippen LogP contribution in [0.25, 0.3) is 0 Å². The number of unbranched alkanes of at least 4 members (excludes halogenated alkanes) is 3. The average Bonchev–Trinajstić information content (AvgIpc) is 2.46. The summed E-state index contributed by atoms with van der Waals surface area (Å²) in [6.45, 7) is 10.7. The molecule has 1 nitrogen and oxygen atoms in total. The monoisotopic (exact) mass is 304 g/mol. The number of carbonyl (C=O) groups is 1. The molecule has 0 heterocycles. The molecular weight excluding hydrogens is 268 g/mol. The van der Waals surface area contributed by atoms with Crippen molar-refractivity contribution < 1.29 is 4.79 Å². The highest BCUT2D eigenvalue weighted by atomic mass is 16.1. The Bertz CT molecular complexity index is 369. The zero-order chi connectivity index (χ0) is 16.4. The Morgan fingerprint density at radius 2 is 1.95 bits per heavy atom. The van der Waals surface area contributed by atoms with Gasteiger partial charge in [-0.1, -0.05) is 58.3 Å². The molecule has 0 radical (unpaired) electrons. The van der Waals surface area contributed by atoms with Gasteiger partial charge in [-0.15, -0.1) is 0 Å². The van der Waals surface area contributed by atoms with E-state index in [1.54, 1.807) is 5.57 Å². The van der Waals surface area contributed by atoms with Crippen LogP contribution in [0.1, 0.15) is 91.4 Å². The topological polar surface area (TPSA) is 17.1 Å². The van der Waals surface area contributed by atoms with Crippen LogP contribution in [-0.2, 0) is 4.79 Å². The SMILES string of the molecule is C=C(CCCCCC)C(=O)CCC(C)CC1CC(=CCC)C1. The van der Waals surface area contributed by atoms with E-state index in [1.165, 1.54) is 44.9 Å². The summed E-state index contributed by atoms with van der Waals surface area (Å²) in [6.07, 6.45) is 15.0. The molecule has 0 spiro atoms. The van der Waals surface area contributed by atoms with Crippen molar-refractivity contribution in [2.75, 3.05) is 0 Å². The molecule has 22 heavy (non-hydrogen) atoms. The van der Waals surface area contributed by atoms with E-state index in [2.05, 4.69) is 33.4 Å². The number of Topliss-reactive ketones (excluding diaryl/α,β-unsaturated/α-hetero) is 1. The molecule has 1 atom stereocenters. The second-order valence-electron chi connectivity index (χ2n) is 7.26. The Morgan fingerprint density at radius 3 is 2.59 bits per heavy atom. The van der Waals surface area contributed by atoms with E-state index < -0.39 is 0 Å². The minimum atomic E-state index is 0.309. The van der Waals surface area contributed by atoms with E-state index in [0.717, 1.165) is 30.8 Å². The van der Waals surface area contributed by atoms with Crippen molar-refractivity contribution >= 4 is 5.78 Å². The minimum Gasteiger partial charge on any atom is -0.295 e. The van der Waals surface area contributed by atoms with E-state index in [9.17, 15) is 4.79 Å². The fourth-order valence-corrected chi connectivity index (χ4v) is 3.45. The molecule has 1 saturated carbocycles. The molecule has 1 aliphatic rings. The lowest BCUT2D eigenvalue weighted by Gasteiger charge is -2.31. The standard InChI is InChI=1S/C21H36O/c1-5-7-8-9-11-18(4)21(22)13-12-17(3)14-20-15-19(16-20)10-6-2/h10,17,20H,4-9,11-16H2,1-3H3. The Hall–Kier alpha value is -0.850. The van der Waals surface area contributed by atoms with Gasteiger partial charge in [0, 0.05) is 6.42 Å². The molecule has 0 aromatic heterocycles. The van der Waals surface area contributed by atoms with Gasteiger partial charge in [0.1, 0.15) is 0 Å². The van der Waals surface area contributed by atoms with E-state index in [1.807, 2.05) is 0 Å². The molecule has 1 unspecified atom stereocenters. The Morgan fingerprint density at radius 1 is 1.23 bits per heavy atom. The Kier molecular flexibility index (Phi) is 9.43. The summed E-state index contributed by atoms with van der Waals surface area (Å²) in [5.41, 5.74) is 2.51. The van der Waals surface area contributed by atoms with Crippen LogP contribution in [0.4, 0.5) is 0 Å². The first-order valence-corrected chi connectivity index (χ1v) is 9.45. The third kappa shape index (κ3) is 7.42. The van der Waals surface area contributed by atoms with Crippen molar-refractivity contribution in [2.24, 2.45) is 11.8 Å². The van der Waals surface area contributed by atoms with Crippen molar-refractivity contribution in [3.63, 3.8) is 0 Å². The molecule has 0 aliphatic heterocycles. The van der Waals surface area contributed by atoms with Gasteiger partial charge < -0.3 is 0 Å². The van der Waals surface area contributed by atoms with Crippen LogP contribution in [0.15, 0.2) is 23.8 Å². The molecule has 0 saturated heterocycles. The second-order valence-corrected chi connectivity index (χ2v) is 7.26. The summed E-state index contributed by atoms with van der Waals surface area (Å²) < 4.78 is 0. The number of hydrogen-bond acceptors (Lipinski definition) is 1. The molecule has 1 rings (SSSR count).